The van der Waals surface area contributed by atoms with Crippen LogP contribution >= 0.6 is 22.9 Å². The Kier molecular flexibility index (Phi) is 3.08. The molecule has 0 saturated heterocycles. The molecule has 0 atom stereocenters. The molecule has 0 spiro atoms. The van der Waals surface area contributed by atoms with E-state index in [9.17, 15) is 0 Å². The fourth-order valence-electron chi connectivity index (χ4n) is 2.07. The van der Waals surface area contributed by atoms with Gasteiger partial charge in [0.05, 0.1) is 15.2 Å². The van der Waals surface area contributed by atoms with Crippen molar-refractivity contribution in [1.82, 2.24) is 4.98 Å². The Balaban J connectivity index is 2.86. The number of nitrogens with zero attached hydrogens (tertiary/aromatic N) is 1. The van der Waals surface area contributed by atoms with E-state index < -0.39 is 0 Å². The van der Waals surface area contributed by atoms with E-state index in [4.69, 9.17) is 17.3 Å². The number of benzene rings is 1. The molecule has 2 aromatic rings. The highest BCUT2D eigenvalue weighted by Gasteiger charge is 2.16. The predicted molar refractivity (Wildman–Crippen MR) is 72.5 cm³/mol. The van der Waals surface area contributed by atoms with E-state index in [1.807, 2.05) is 0 Å². The van der Waals surface area contributed by atoms with Crippen molar-refractivity contribution in [3.05, 3.63) is 22.2 Å². The molecule has 86 valence electrons. The molecule has 0 amide bonds. The molecule has 4 heteroatoms. The lowest BCUT2D eigenvalue weighted by Gasteiger charge is -2.13. The van der Waals surface area contributed by atoms with Gasteiger partial charge in [0, 0.05) is 0 Å². The van der Waals surface area contributed by atoms with E-state index in [1.54, 1.807) is 0 Å². The van der Waals surface area contributed by atoms with Gasteiger partial charge in [0.1, 0.15) is 0 Å². The summed E-state index contributed by atoms with van der Waals surface area (Å²) >= 11 is 7.71. The number of halogens is 1. The highest BCUT2D eigenvalue weighted by molar-refractivity contribution is 7.22. The third-order valence-corrected chi connectivity index (χ3v) is 4.05. The van der Waals surface area contributed by atoms with Crippen molar-refractivity contribution < 1.29 is 0 Å². The van der Waals surface area contributed by atoms with Crippen molar-refractivity contribution in [3.8, 4) is 0 Å². The molecular formula is C12H15ClN2S. The first-order valence-electron chi connectivity index (χ1n) is 5.41. The minimum absolute atomic E-state index is 0.441. The molecular weight excluding hydrogens is 240 g/mol. The topological polar surface area (TPSA) is 38.9 Å². The first kappa shape index (κ1) is 11.7. The highest BCUT2D eigenvalue weighted by atomic mass is 35.5. The summed E-state index contributed by atoms with van der Waals surface area (Å²) in [7, 11) is 0. The first-order chi connectivity index (χ1) is 7.54. The number of rotatable bonds is 2. The van der Waals surface area contributed by atoms with Gasteiger partial charge < -0.3 is 5.73 Å². The number of fused-ring (bicyclic) bond motifs is 1. The SMILES string of the molecule is CCc1cc(Cl)c2sc(N)nc2c1C(C)C. The monoisotopic (exact) mass is 254 g/mol. The summed E-state index contributed by atoms with van der Waals surface area (Å²) in [6.07, 6.45) is 0.973. The van der Waals surface area contributed by atoms with Gasteiger partial charge in [-0.25, -0.2) is 4.98 Å². The van der Waals surface area contributed by atoms with Gasteiger partial charge in [-0.2, -0.15) is 0 Å². The van der Waals surface area contributed by atoms with Gasteiger partial charge in [0.25, 0.3) is 0 Å². The zero-order valence-corrected chi connectivity index (χ0v) is 11.2. The molecule has 0 fully saturated rings. The van der Waals surface area contributed by atoms with Crippen LogP contribution < -0.4 is 5.73 Å². The number of nitrogen functional groups attached to an aromatic ring is 1. The van der Waals surface area contributed by atoms with E-state index in [1.165, 1.54) is 22.5 Å². The number of anilines is 1. The number of aromatic nitrogens is 1. The smallest absolute Gasteiger partial charge is 0.181 e. The summed E-state index contributed by atoms with van der Waals surface area (Å²) < 4.78 is 1.01. The van der Waals surface area contributed by atoms with Gasteiger partial charge in [-0.1, -0.05) is 43.7 Å². The van der Waals surface area contributed by atoms with Gasteiger partial charge in [-0.15, -0.1) is 0 Å². The van der Waals surface area contributed by atoms with Crippen molar-refractivity contribution in [2.75, 3.05) is 5.73 Å². The molecule has 0 aliphatic heterocycles. The lowest BCUT2D eigenvalue weighted by molar-refractivity contribution is 0.852. The molecule has 0 bridgehead atoms. The molecule has 0 aliphatic rings. The van der Waals surface area contributed by atoms with E-state index in [2.05, 4.69) is 31.8 Å². The highest BCUT2D eigenvalue weighted by Crippen LogP contribution is 2.38. The van der Waals surface area contributed by atoms with Crippen molar-refractivity contribution in [3.63, 3.8) is 0 Å². The number of hydrogen-bond donors (Lipinski definition) is 1. The second kappa shape index (κ2) is 4.22. The summed E-state index contributed by atoms with van der Waals surface area (Å²) in [6.45, 7) is 6.49. The summed E-state index contributed by atoms with van der Waals surface area (Å²) in [6, 6.07) is 2.05. The zero-order chi connectivity index (χ0) is 11.9. The average Bonchev–Trinajstić information content (AvgIpc) is 2.58. The van der Waals surface area contributed by atoms with Crippen LogP contribution in [0, 0.1) is 0 Å². The molecule has 0 aliphatic carbocycles. The Morgan fingerprint density at radius 1 is 1.50 bits per heavy atom. The van der Waals surface area contributed by atoms with Gasteiger partial charge in [-0.05, 0) is 29.5 Å². The predicted octanol–water partition coefficient (Wildman–Crippen LogP) is 4.22. The van der Waals surface area contributed by atoms with Crippen molar-refractivity contribution >= 4 is 38.3 Å². The maximum atomic E-state index is 6.25. The minimum Gasteiger partial charge on any atom is -0.375 e. The molecule has 0 saturated carbocycles. The maximum Gasteiger partial charge on any atom is 0.181 e. The Labute approximate surface area is 104 Å². The van der Waals surface area contributed by atoms with E-state index in [-0.39, 0.29) is 0 Å². The van der Waals surface area contributed by atoms with E-state index in [0.717, 1.165) is 21.7 Å². The van der Waals surface area contributed by atoms with Crippen LogP contribution in [-0.2, 0) is 6.42 Å². The third kappa shape index (κ3) is 1.78. The van der Waals surface area contributed by atoms with Gasteiger partial charge in [-0.3, -0.25) is 0 Å². The molecule has 2 N–H and O–H groups in total. The number of aryl methyl sites for hydroxylation is 1. The standard InChI is InChI=1S/C12H15ClN2S/c1-4-7-5-8(13)11-10(9(7)6(2)3)15-12(14)16-11/h5-6H,4H2,1-3H3,(H2,14,15). The first-order valence-corrected chi connectivity index (χ1v) is 6.61. The Morgan fingerprint density at radius 2 is 2.19 bits per heavy atom. The summed E-state index contributed by atoms with van der Waals surface area (Å²) in [5.74, 6) is 0.441. The minimum atomic E-state index is 0.441. The van der Waals surface area contributed by atoms with Crippen molar-refractivity contribution in [1.29, 1.82) is 0 Å². The molecule has 0 unspecified atom stereocenters. The number of hydrogen-bond acceptors (Lipinski definition) is 3. The fraction of sp³-hybridized carbons (Fsp3) is 0.417. The normalized spacial score (nSPS) is 11.6. The largest absolute Gasteiger partial charge is 0.375 e. The maximum absolute atomic E-state index is 6.25. The van der Waals surface area contributed by atoms with Crippen molar-refractivity contribution in [2.24, 2.45) is 0 Å². The van der Waals surface area contributed by atoms with Crippen LogP contribution in [0.15, 0.2) is 6.07 Å². The quantitative estimate of drug-likeness (QED) is 0.872. The third-order valence-electron chi connectivity index (χ3n) is 2.72. The van der Waals surface area contributed by atoms with Crippen LogP contribution in [0.25, 0.3) is 10.2 Å². The molecule has 2 nitrogen and oxygen atoms in total. The summed E-state index contributed by atoms with van der Waals surface area (Å²) in [5.41, 5.74) is 9.32. The van der Waals surface area contributed by atoms with Crippen molar-refractivity contribution in [2.45, 2.75) is 33.1 Å². The second-order valence-corrected chi connectivity index (χ2v) is 5.61. The second-order valence-electron chi connectivity index (χ2n) is 4.17. The molecule has 16 heavy (non-hydrogen) atoms. The average molecular weight is 255 g/mol. The lowest BCUT2D eigenvalue weighted by Crippen LogP contribution is -1.97. The zero-order valence-electron chi connectivity index (χ0n) is 9.67. The Hall–Kier alpha value is -0.800. The van der Waals surface area contributed by atoms with Gasteiger partial charge >= 0.3 is 0 Å². The van der Waals surface area contributed by atoms with E-state index >= 15 is 0 Å². The number of nitrogens with two attached hydrogens (primary N) is 1. The van der Waals surface area contributed by atoms with Crippen LogP contribution in [0.4, 0.5) is 5.13 Å². The van der Waals surface area contributed by atoms with Crippen LogP contribution in [0.1, 0.15) is 37.8 Å². The molecule has 1 aromatic heterocycles. The fourth-order valence-corrected chi connectivity index (χ4v) is 3.16. The molecule has 1 aromatic carbocycles. The van der Waals surface area contributed by atoms with E-state index in [0.29, 0.717) is 11.0 Å². The van der Waals surface area contributed by atoms with Gasteiger partial charge in [0.2, 0.25) is 0 Å². The van der Waals surface area contributed by atoms with Gasteiger partial charge in [0.15, 0.2) is 5.13 Å². The number of thiazole rings is 1. The Bertz CT molecular complexity index is 531. The summed E-state index contributed by atoms with van der Waals surface area (Å²) in [5, 5.41) is 1.36. The summed E-state index contributed by atoms with van der Waals surface area (Å²) in [4.78, 5) is 4.42. The van der Waals surface area contributed by atoms with Crippen LogP contribution in [0.3, 0.4) is 0 Å². The van der Waals surface area contributed by atoms with Crippen LogP contribution in [0.2, 0.25) is 5.02 Å². The Morgan fingerprint density at radius 3 is 2.75 bits per heavy atom. The molecule has 0 radical (unpaired) electrons. The van der Waals surface area contributed by atoms with Crippen LogP contribution in [0.5, 0.6) is 0 Å². The lowest BCUT2D eigenvalue weighted by atomic mass is 9.94. The molecule has 1 heterocycles. The molecule has 2 rings (SSSR count). The van der Waals surface area contributed by atoms with Crippen LogP contribution in [-0.4, -0.2) is 4.98 Å².